The number of ether oxygens (including phenoxy) is 1. The molecule has 2 aromatic rings. The Morgan fingerprint density at radius 3 is 2.21 bits per heavy atom. The lowest BCUT2D eigenvalue weighted by atomic mass is 10.1. The SMILES string of the molecule is CCCCCCC(=O)OC(C)(C)C.Cc1oc(-c2ccccc2)c(Br)c1C(=O)O. The molecule has 0 aliphatic heterocycles. The summed E-state index contributed by atoms with van der Waals surface area (Å²) in [4.78, 5) is 22.2. The van der Waals surface area contributed by atoms with Crippen LogP contribution in [0.5, 0.6) is 0 Å². The fraction of sp³-hybridized carbons (Fsp3) is 0.478. The number of esters is 1. The summed E-state index contributed by atoms with van der Waals surface area (Å²) in [6.07, 6.45) is 5.08. The van der Waals surface area contributed by atoms with Crippen molar-refractivity contribution in [3.63, 3.8) is 0 Å². The molecule has 0 saturated heterocycles. The lowest BCUT2D eigenvalue weighted by Gasteiger charge is -2.19. The number of aryl methyl sites for hydroxylation is 1. The Morgan fingerprint density at radius 2 is 1.72 bits per heavy atom. The van der Waals surface area contributed by atoms with Crippen molar-refractivity contribution >= 4 is 27.9 Å². The van der Waals surface area contributed by atoms with Gasteiger partial charge >= 0.3 is 11.9 Å². The Balaban J connectivity index is 0.000000298. The number of carboxylic acid groups (broad SMARTS) is 1. The van der Waals surface area contributed by atoms with Crippen LogP contribution >= 0.6 is 15.9 Å². The van der Waals surface area contributed by atoms with Crippen LogP contribution in [0.15, 0.2) is 39.2 Å². The number of carboxylic acids is 1. The van der Waals surface area contributed by atoms with Crippen LogP contribution in [0.2, 0.25) is 0 Å². The molecule has 160 valence electrons. The molecule has 0 amide bonds. The molecular weight excluding hydrogens is 436 g/mol. The summed E-state index contributed by atoms with van der Waals surface area (Å²) >= 11 is 3.26. The van der Waals surface area contributed by atoms with E-state index in [2.05, 4.69) is 22.9 Å². The van der Waals surface area contributed by atoms with Gasteiger partial charge in [-0.15, -0.1) is 0 Å². The van der Waals surface area contributed by atoms with Crippen LogP contribution in [-0.4, -0.2) is 22.6 Å². The van der Waals surface area contributed by atoms with E-state index in [-0.39, 0.29) is 17.1 Å². The molecule has 1 aromatic heterocycles. The van der Waals surface area contributed by atoms with Gasteiger partial charge in [0.1, 0.15) is 22.7 Å². The maximum atomic E-state index is 11.2. The van der Waals surface area contributed by atoms with E-state index >= 15 is 0 Å². The number of rotatable bonds is 7. The molecule has 6 heteroatoms. The molecule has 0 aliphatic carbocycles. The van der Waals surface area contributed by atoms with Crippen molar-refractivity contribution in [1.82, 2.24) is 0 Å². The number of unbranched alkanes of at least 4 members (excludes halogenated alkanes) is 3. The molecule has 29 heavy (non-hydrogen) atoms. The minimum absolute atomic E-state index is 0.0661. The van der Waals surface area contributed by atoms with Crippen molar-refractivity contribution in [1.29, 1.82) is 0 Å². The number of halogens is 1. The summed E-state index contributed by atoms with van der Waals surface area (Å²) in [5, 5.41) is 9.02. The number of hydrogen-bond donors (Lipinski definition) is 1. The Kier molecular flexibility index (Phi) is 10.2. The first-order chi connectivity index (χ1) is 13.6. The van der Waals surface area contributed by atoms with Gasteiger partial charge in [0.15, 0.2) is 0 Å². The van der Waals surface area contributed by atoms with Gasteiger partial charge in [-0.3, -0.25) is 4.79 Å². The van der Waals surface area contributed by atoms with Gasteiger partial charge in [0.25, 0.3) is 0 Å². The Morgan fingerprint density at radius 1 is 1.10 bits per heavy atom. The molecule has 5 nitrogen and oxygen atoms in total. The van der Waals surface area contributed by atoms with E-state index in [9.17, 15) is 9.59 Å². The maximum Gasteiger partial charge on any atom is 0.340 e. The summed E-state index contributed by atoms with van der Waals surface area (Å²) in [5.41, 5.74) is 0.700. The van der Waals surface area contributed by atoms with Gasteiger partial charge in [0.2, 0.25) is 0 Å². The Labute approximate surface area is 181 Å². The Hall–Kier alpha value is -2.08. The average Bonchev–Trinajstić information content (AvgIpc) is 2.93. The average molecular weight is 467 g/mol. The van der Waals surface area contributed by atoms with E-state index < -0.39 is 5.97 Å². The van der Waals surface area contributed by atoms with Crippen LogP contribution in [-0.2, 0) is 9.53 Å². The monoisotopic (exact) mass is 466 g/mol. The first-order valence-electron chi connectivity index (χ1n) is 9.86. The number of hydrogen-bond acceptors (Lipinski definition) is 4. The zero-order valence-corrected chi connectivity index (χ0v) is 19.5. The van der Waals surface area contributed by atoms with Crippen LogP contribution in [0.25, 0.3) is 11.3 Å². The van der Waals surface area contributed by atoms with Crippen molar-refractivity contribution in [2.24, 2.45) is 0 Å². The number of aromatic carboxylic acids is 1. The lowest BCUT2D eigenvalue weighted by Crippen LogP contribution is -2.23. The molecule has 1 heterocycles. The van der Waals surface area contributed by atoms with Crippen LogP contribution < -0.4 is 0 Å². The quantitative estimate of drug-likeness (QED) is 0.350. The summed E-state index contributed by atoms with van der Waals surface area (Å²) < 4.78 is 11.1. The number of carbonyl (C=O) groups excluding carboxylic acids is 1. The third-order valence-corrected chi connectivity index (χ3v) is 4.69. The third-order valence-electron chi connectivity index (χ3n) is 3.93. The highest BCUT2D eigenvalue weighted by molar-refractivity contribution is 9.10. The first-order valence-corrected chi connectivity index (χ1v) is 10.7. The molecule has 1 N–H and O–H groups in total. The predicted molar refractivity (Wildman–Crippen MR) is 118 cm³/mol. The molecule has 0 bridgehead atoms. The molecule has 0 radical (unpaired) electrons. The second-order valence-electron chi connectivity index (χ2n) is 7.74. The van der Waals surface area contributed by atoms with Crippen LogP contribution in [0.4, 0.5) is 0 Å². The van der Waals surface area contributed by atoms with E-state index in [1.807, 2.05) is 51.1 Å². The topological polar surface area (TPSA) is 76.7 Å². The lowest BCUT2D eigenvalue weighted by molar-refractivity contribution is -0.154. The molecular formula is C23H31BrO5. The second-order valence-corrected chi connectivity index (χ2v) is 8.54. The van der Waals surface area contributed by atoms with Crippen molar-refractivity contribution in [2.75, 3.05) is 0 Å². The molecule has 0 fully saturated rings. The standard InChI is InChI=1S/C12H9BrO3.C11H22O2/c1-7-9(12(14)15)10(13)11(16-7)8-5-3-2-4-6-8;1-5-6-7-8-9-10(12)13-11(2,3)4/h2-6H,1H3,(H,14,15);5-9H2,1-4H3. The van der Waals surface area contributed by atoms with Crippen LogP contribution in [0.3, 0.4) is 0 Å². The zero-order chi connectivity index (χ0) is 22.0. The van der Waals surface area contributed by atoms with Gasteiger partial charge in [0, 0.05) is 12.0 Å². The summed E-state index contributed by atoms with van der Waals surface area (Å²) in [7, 11) is 0. The molecule has 0 atom stereocenters. The van der Waals surface area contributed by atoms with Crippen molar-refractivity contribution in [3.05, 3.63) is 46.1 Å². The highest BCUT2D eigenvalue weighted by Gasteiger charge is 2.21. The number of furan rings is 1. The molecule has 0 aliphatic rings. The van der Waals surface area contributed by atoms with Crippen molar-refractivity contribution in [2.45, 2.75) is 72.3 Å². The van der Waals surface area contributed by atoms with Gasteiger partial charge in [-0.1, -0.05) is 56.5 Å². The fourth-order valence-electron chi connectivity index (χ4n) is 2.63. The minimum atomic E-state index is -0.990. The molecule has 2 rings (SSSR count). The van der Waals surface area contributed by atoms with Gasteiger partial charge in [-0.05, 0) is 50.0 Å². The summed E-state index contributed by atoms with van der Waals surface area (Å²) in [6, 6.07) is 9.38. The van der Waals surface area contributed by atoms with Crippen LogP contribution in [0, 0.1) is 6.92 Å². The molecule has 0 spiro atoms. The predicted octanol–water partition coefficient (Wildman–Crippen LogP) is 7.01. The summed E-state index contributed by atoms with van der Waals surface area (Å²) in [5.74, 6) is -0.104. The van der Waals surface area contributed by atoms with Crippen molar-refractivity contribution < 1.29 is 23.8 Å². The first kappa shape index (κ1) is 25.0. The van der Waals surface area contributed by atoms with E-state index in [1.165, 1.54) is 12.8 Å². The van der Waals surface area contributed by atoms with E-state index in [1.54, 1.807) is 6.92 Å². The van der Waals surface area contributed by atoms with Gasteiger partial charge in [-0.2, -0.15) is 0 Å². The Bertz CT molecular complexity index is 788. The second kappa shape index (κ2) is 11.8. The van der Waals surface area contributed by atoms with Gasteiger partial charge in [-0.25, -0.2) is 4.79 Å². The molecule has 1 aromatic carbocycles. The van der Waals surface area contributed by atoms with Gasteiger partial charge < -0.3 is 14.3 Å². The van der Waals surface area contributed by atoms with E-state index in [0.29, 0.717) is 22.4 Å². The smallest absolute Gasteiger partial charge is 0.340 e. The highest BCUT2D eigenvalue weighted by Crippen LogP contribution is 2.35. The largest absolute Gasteiger partial charge is 0.478 e. The highest BCUT2D eigenvalue weighted by atomic mass is 79.9. The molecule has 0 saturated carbocycles. The number of carbonyl (C=O) groups is 2. The van der Waals surface area contributed by atoms with Crippen LogP contribution in [0.1, 0.15) is 75.9 Å². The zero-order valence-electron chi connectivity index (χ0n) is 17.9. The minimum Gasteiger partial charge on any atom is -0.478 e. The number of benzene rings is 1. The van der Waals surface area contributed by atoms with Crippen molar-refractivity contribution in [3.8, 4) is 11.3 Å². The summed E-state index contributed by atoms with van der Waals surface area (Å²) in [6.45, 7) is 9.50. The fourth-order valence-corrected chi connectivity index (χ4v) is 3.38. The molecule has 0 unspecified atom stereocenters. The van der Waals surface area contributed by atoms with E-state index in [0.717, 1.165) is 18.4 Å². The third kappa shape index (κ3) is 8.86. The normalized spacial score (nSPS) is 10.8. The maximum absolute atomic E-state index is 11.2. The van der Waals surface area contributed by atoms with E-state index in [4.69, 9.17) is 14.3 Å². The van der Waals surface area contributed by atoms with Gasteiger partial charge in [0.05, 0.1) is 4.47 Å².